The van der Waals surface area contributed by atoms with Gasteiger partial charge in [-0.2, -0.15) is 0 Å². The number of aromatic amines is 1. The molecule has 21 heavy (non-hydrogen) atoms. The summed E-state index contributed by atoms with van der Waals surface area (Å²) in [6, 6.07) is -0.130. The number of imidazole rings is 1. The lowest BCUT2D eigenvalue weighted by Gasteiger charge is -2.56. The molecule has 3 N–H and O–H groups in total. The van der Waals surface area contributed by atoms with Crippen LogP contribution >= 0.6 is 0 Å². The molecule has 5 nitrogen and oxygen atoms in total. The number of nitrogens with zero attached hydrogens (tertiary/aromatic N) is 1. The lowest BCUT2D eigenvalue weighted by Crippen LogP contribution is -2.61. The third-order valence-corrected chi connectivity index (χ3v) is 5.69. The minimum absolute atomic E-state index is 0.0409. The van der Waals surface area contributed by atoms with Gasteiger partial charge in [-0.25, -0.2) is 9.78 Å². The van der Waals surface area contributed by atoms with Crippen molar-refractivity contribution in [3.63, 3.8) is 0 Å². The van der Waals surface area contributed by atoms with Crippen molar-refractivity contribution in [1.82, 2.24) is 20.6 Å². The van der Waals surface area contributed by atoms with Crippen molar-refractivity contribution in [2.75, 3.05) is 0 Å². The van der Waals surface area contributed by atoms with E-state index in [0.717, 1.165) is 23.6 Å². The highest BCUT2D eigenvalue weighted by Gasteiger charge is 2.51. The van der Waals surface area contributed by atoms with Crippen molar-refractivity contribution in [3.8, 4) is 0 Å². The van der Waals surface area contributed by atoms with Gasteiger partial charge in [0.25, 0.3) is 0 Å². The third-order valence-electron chi connectivity index (χ3n) is 5.69. The maximum Gasteiger partial charge on any atom is 0.315 e. The molecule has 4 fully saturated rings. The van der Waals surface area contributed by atoms with Gasteiger partial charge in [-0.1, -0.05) is 0 Å². The lowest BCUT2D eigenvalue weighted by atomic mass is 9.53. The highest BCUT2D eigenvalue weighted by atomic mass is 16.2. The van der Waals surface area contributed by atoms with Crippen LogP contribution < -0.4 is 10.6 Å². The molecule has 1 atom stereocenters. The summed E-state index contributed by atoms with van der Waals surface area (Å²) in [5.74, 6) is 3.34. The van der Waals surface area contributed by atoms with Gasteiger partial charge in [-0.15, -0.1) is 0 Å². The maximum atomic E-state index is 12.4. The largest absolute Gasteiger partial charge is 0.347 e. The minimum atomic E-state index is -0.0890. The number of rotatable bonds is 3. The van der Waals surface area contributed by atoms with Gasteiger partial charge in [0.15, 0.2) is 0 Å². The highest BCUT2D eigenvalue weighted by Crippen LogP contribution is 2.55. The van der Waals surface area contributed by atoms with Crippen LogP contribution in [0.1, 0.15) is 57.3 Å². The number of hydrogen-bond acceptors (Lipinski definition) is 2. The quantitative estimate of drug-likeness (QED) is 0.800. The molecular formula is C16H24N4O. The molecule has 114 valence electrons. The molecule has 0 radical (unpaired) electrons. The fourth-order valence-corrected chi connectivity index (χ4v) is 5.32. The molecule has 1 unspecified atom stereocenters. The summed E-state index contributed by atoms with van der Waals surface area (Å²) in [7, 11) is 0. The Kier molecular flexibility index (Phi) is 2.98. The molecule has 5 rings (SSSR count). The van der Waals surface area contributed by atoms with Crippen molar-refractivity contribution in [1.29, 1.82) is 0 Å². The van der Waals surface area contributed by atoms with Gasteiger partial charge in [-0.05, 0) is 63.2 Å². The van der Waals surface area contributed by atoms with E-state index in [1.165, 1.54) is 38.5 Å². The Morgan fingerprint density at radius 1 is 1.29 bits per heavy atom. The van der Waals surface area contributed by atoms with Crippen LogP contribution in [0.2, 0.25) is 0 Å². The normalized spacial score (nSPS) is 38.2. The van der Waals surface area contributed by atoms with E-state index in [-0.39, 0.29) is 17.6 Å². The molecule has 1 aromatic rings. The monoisotopic (exact) mass is 288 g/mol. The van der Waals surface area contributed by atoms with Crippen LogP contribution in [0.15, 0.2) is 12.4 Å². The van der Waals surface area contributed by atoms with E-state index in [1.807, 2.05) is 6.92 Å². The molecule has 0 aromatic carbocycles. The van der Waals surface area contributed by atoms with Crippen molar-refractivity contribution < 1.29 is 4.79 Å². The van der Waals surface area contributed by atoms with Gasteiger partial charge in [-0.3, -0.25) is 0 Å². The Hall–Kier alpha value is -1.52. The van der Waals surface area contributed by atoms with Gasteiger partial charge >= 0.3 is 6.03 Å². The molecule has 4 aliphatic rings. The summed E-state index contributed by atoms with van der Waals surface area (Å²) in [4.78, 5) is 19.6. The molecule has 4 aliphatic carbocycles. The Morgan fingerprint density at radius 3 is 2.43 bits per heavy atom. The van der Waals surface area contributed by atoms with Crippen LogP contribution in [0.25, 0.3) is 0 Å². The van der Waals surface area contributed by atoms with E-state index < -0.39 is 0 Å². The summed E-state index contributed by atoms with van der Waals surface area (Å²) in [6.07, 6.45) is 11.2. The third kappa shape index (κ3) is 2.43. The van der Waals surface area contributed by atoms with Crippen molar-refractivity contribution >= 4 is 6.03 Å². The van der Waals surface area contributed by atoms with Crippen LogP contribution in [0.4, 0.5) is 4.79 Å². The first-order valence-electron chi connectivity index (χ1n) is 8.20. The van der Waals surface area contributed by atoms with Crippen LogP contribution in [0, 0.1) is 17.8 Å². The molecule has 1 aromatic heterocycles. The molecule has 4 saturated carbocycles. The van der Waals surface area contributed by atoms with Crippen LogP contribution in [-0.2, 0) is 0 Å². The Balaban J connectivity index is 1.40. The fraction of sp³-hybridized carbons (Fsp3) is 0.750. The molecule has 2 amide bonds. The van der Waals surface area contributed by atoms with Gasteiger partial charge in [0.1, 0.15) is 5.82 Å². The van der Waals surface area contributed by atoms with E-state index in [4.69, 9.17) is 0 Å². The molecular weight excluding hydrogens is 264 g/mol. The van der Waals surface area contributed by atoms with Gasteiger partial charge < -0.3 is 15.6 Å². The summed E-state index contributed by atoms with van der Waals surface area (Å²) >= 11 is 0. The SMILES string of the molecule is CC(NC(=O)NC12CC3CC(CC(C3)C1)C2)c1ncc[nH]1. The predicted molar refractivity (Wildman–Crippen MR) is 79.6 cm³/mol. The number of H-pyrrole nitrogens is 1. The average molecular weight is 288 g/mol. The zero-order chi connectivity index (χ0) is 14.4. The number of amides is 2. The average Bonchev–Trinajstić information content (AvgIpc) is 2.89. The number of carbonyl (C=O) groups excluding carboxylic acids is 1. The summed E-state index contributed by atoms with van der Waals surface area (Å²) in [5.41, 5.74) is 0.0711. The maximum absolute atomic E-state index is 12.4. The minimum Gasteiger partial charge on any atom is -0.347 e. The van der Waals surface area contributed by atoms with Gasteiger partial charge in [0, 0.05) is 17.9 Å². The van der Waals surface area contributed by atoms with Gasteiger partial charge in [0.2, 0.25) is 0 Å². The van der Waals surface area contributed by atoms with E-state index in [2.05, 4.69) is 20.6 Å². The molecule has 1 heterocycles. The van der Waals surface area contributed by atoms with Crippen LogP contribution in [0.5, 0.6) is 0 Å². The number of urea groups is 1. The second-order valence-corrected chi connectivity index (χ2v) is 7.49. The van der Waals surface area contributed by atoms with E-state index >= 15 is 0 Å². The topological polar surface area (TPSA) is 69.8 Å². The standard InChI is InChI=1S/C16H24N4O/c1-10(14-17-2-3-18-14)19-15(21)20-16-7-11-4-12(8-16)6-13(5-11)9-16/h2-3,10-13H,4-9H2,1H3,(H,17,18)(H2,19,20,21). The molecule has 0 aliphatic heterocycles. The summed E-state index contributed by atoms with van der Waals surface area (Å²) in [6.45, 7) is 1.96. The Bertz CT molecular complexity index is 489. The van der Waals surface area contributed by atoms with E-state index in [0.29, 0.717) is 0 Å². The number of aromatic nitrogens is 2. The van der Waals surface area contributed by atoms with Gasteiger partial charge in [0.05, 0.1) is 6.04 Å². The number of nitrogens with one attached hydrogen (secondary N) is 3. The molecule has 4 bridgehead atoms. The van der Waals surface area contributed by atoms with Crippen molar-refractivity contribution in [2.24, 2.45) is 17.8 Å². The Morgan fingerprint density at radius 2 is 1.90 bits per heavy atom. The predicted octanol–water partition coefficient (Wildman–Crippen LogP) is 2.74. The molecule has 0 saturated heterocycles. The van der Waals surface area contributed by atoms with E-state index in [9.17, 15) is 4.79 Å². The van der Waals surface area contributed by atoms with Crippen molar-refractivity contribution in [3.05, 3.63) is 18.2 Å². The lowest BCUT2D eigenvalue weighted by molar-refractivity contribution is -0.0136. The summed E-state index contributed by atoms with van der Waals surface area (Å²) in [5, 5.41) is 6.34. The Labute approximate surface area is 125 Å². The number of hydrogen-bond donors (Lipinski definition) is 3. The second-order valence-electron chi connectivity index (χ2n) is 7.49. The molecule has 5 heteroatoms. The number of carbonyl (C=O) groups is 1. The zero-order valence-electron chi connectivity index (χ0n) is 12.6. The zero-order valence-corrected chi connectivity index (χ0v) is 12.6. The first-order chi connectivity index (χ1) is 10.1. The fourth-order valence-electron chi connectivity index (χ4n) is 5.32. The van der Waals surface area contributed by atoms with Crippen molar-refractivity contribution in [2.45, 2.75) is 57.0 Å². The molecule has 0 spiro atoms. The first kappa shape index (κ1) is 13.2. The van der Waals surface area contributed by atoms with Crippen LogP contribution in [-0.4, -0.2) is 21.5 Å². The first-order valence-corrected chi connectivity index (χ1v) is 8.20. The summed E-state index contributed by atoms with van der Waals surface area (Å²) < 4.78 is 0. The van der Waals surface area contributed by atoms with E-state index in [1.54, 1.807) is 12.4 Å². The smallest absolute Gasteiger partial charge is 0.315 e. The second kappa shape index (κ2) is 4.75. The highest BCUT2D eigenvalue weighted by molar-refractivity contribution is 5.75. The van der Waals surface area contributed by atoms with Crippen LogP contribution in [0.3, 0.4) is 0 Å².